The Balaban J connectivity index is 0.815. The number of amides is 5. The van der Waals surface area contributed by atoms with E-state index in [-0.39, 0.29) is 36.0 Å². The molecule has 0 aliphatic carbocycles. The van der Waals surface area contributed by atoms with Crippen molar-refractivity contribution < 1.29 is 28.7 Å². The van der Waals surface area contributed by atoms with Gasteiger partial charge in [-0.25, -0.2) is 9.97 Å². The van der Waals surface area contributed by atoms with E-state index >= 15 is 0 Å². The number of anilines is 2. The van der Waals surface area contributed by atoms with Gasteiger partial charge < -0.3 is 29.3 Å². The minimum atomic E-state index is -0.604. The number of hydrogen-bond acceptors (Lipinski definition) is 10. The number of nitrogens with one attached hydrogen (secondary N) is 2. The third-order valence-corrected chi connectivity index (χ3v) is 13.9. The van der Waals surface area contributed by atoms with Crippen LogP contribution in [0.2, 0.25) is 0 Å². The van der Waals surface area contributed by atoms with Crippen molar-refractivity contribution in [3.63, 3.8) is 0 Å². The van der Waals surface area contributed by atoms with Crippen LogP contribution in [0.5, 0.6) is 5.75 Å². The van der Waals surface area contributed by atoms with Gasteiger partial charge in [-0.05, 0) is 67.0 Å². The van der Waals surface area contributed by atoms with Crippen LogP contribution in [0.1, 0.15) is 97.9 Å². The molecule has 0 saturated carbocycles. The molecule has 0 radical (unpaired) electrons. The molecule has 1 fully saturated rings. The van der Waals surface area contributed by atoms with E-state index in [1.54, 1.807) is 34.9 Å². The maximum atomic E-state index is 13.1. The fourth-order valence-corrected chi connectivity index (χ4v) is 10.0. The number of fused-ring (bicyclic) bond motifs is 2. The molecule has 67 heavy (non-hydrogen) atoms. The zero-order valence-corrected chi connectivity index (χ0v) is 40.0. The maximum Gasteiger partial charge on any atom is 0.255 e. The number of imide groups is 1. The van der Waals surface area contributed by atoms with Gasteiger partial charge in [-0.3, -0.25) is 29.3 Å². The molecule has 5 amide bonds. The van der Waals surface area contributed by atoms with Gasteiger partial charge in [0.2, 0.25) is 23.6 Å². The van der Waals surface area contributed by atoms with Gasteiger partial charge in [-0.15, -0.1) is 11.8 Å². The van der Waals surface area contributed by atoms with Crippen LogP contribution in [0, 0.1) is 0 Å². The highest BCUT2D eigenvalue weighted by atomic mass is 32.2. The average molecular weight is 927 g/mol. The number of aromatic nitrogens is 3. The molecule has 2 aromatic heterocycles. The summed E-state index contributed by atoms with van der Waals surface area (Å²) in [6.45, 7) is 5.09. The predicted molar refractivity (Wildman–Crippen MR) is 264 cm³/mol. The van der Waals surface area contributed by atoms with Crippen molar-refractivity contribution in [2.24, 2.45) is 7.05 Å². The lowest BCUT2D eigenvalue weighted by Gasteiger charge is -2.29. The third-order valence-electron chi connectivity index (χ3n) is 12.8. The van der Waals surface area contributed by atoms with Crippen molar-refractivity contribution in [2.75, 3.05) is 50.3 Å². The Bertz CT molecular complexity index is 2630. The summed E-state index contributed by atoms with van der Waals surface area (Å²) in [6, 6.07) is 19.1. The molecule has 1 saturated heterocycles. The number of aryl methyl sites for hydroxylation is 1. The van der Waals surface area contributed by atoms with Gasteiger partial charge in [0.05, 0.1) is 24.2 Å². The number of methoxy groups -OCH3 is 1. The number of carbonyl (C=O) groups excluding carboxylic acids is 5. The van der Waals surface area contributed by atoms with E-state index in [1.165, 1.54) is 6.08 Å². The highest BCUT2D eigenvalue weighted by molar-refractivity contribution is 7.99. The first kappa shape index (κ1) is 48.5. The lowest BCUT2D eigenvalue weighted by atomic mass is 10.0. The average Bonchev–Trinajstić information content (AvgIpc) is 3.85. The Kier molecular flexibility index (Phi) is 16.5. The van der Waals surface area contributed by atoms with E-state index in [0.29, 0.717) is 61.7 Å². The van der Waals surface area contributed by atoms with Crippen LogP contribution < -0.4 is 20.3 Å². The lowest BCUT2D eigenvalue weighted by Crippen LogP contribution is -2.52. The summed E-state index contributed by atoms with van der Waals surface area (Å²) in [5.74, 6) is 1.18. The predicted octanol–water partition coefficient (Wildman–Crippen LogP) is 8.32. The Morgan fingerprint density at radius 2 is 1.72 bits per heavy atom. The van der Waals surface area contributed by atoms with Crippen molar-refractivity contribution >= 4 is 63.6 Å². The molecule has 14 nitrogen and oxygen atoms in total. The van der Waals surface area contributed by atoms with Crippen LogP contribution in [-0.2, 0) is 39.2 Å². The summed E-state index contributed by atoms with van der Waals surface area (Å²) in [5, 5.41) is 6.46. The number of piperidine rings is 1. The van der Waals surface area contributed by atoms with Crippen LogP contribution in [0.25, 0.3) is 22.2 Å². The summed E-state index contributed by atoms with van der Waals surface area (Å²) in [4.78, 5) is 79.0. The van der Waals surface area contributed by atoms with Crippen LogP contribution in [0.15, 0.2) is 90.6 Å². The standard InChI is InChI=1S/C52H62N8O6S/c1-6-48(61)55-41-30-35(31-47-53-26-25-40(54-47)38-33-59(4)42-20-15-14-18-36(38)42)45(66-5)32-44(41)57(2)27-28-58(3)50(63)22-13-11-9-7-8-10-12-16-29-67-46-21-17-19-37-39(46)34-60(52(37)65)43-23-24-49(62)56-51(43)64/h6,14-15,17-21,25-26,30,32-33,43H,1,7-13,16,22-24,27-29,31,34H2,2-5H3,(H,55,61)(H,56,62,64). The third kappa shape index (κ3) is 11.9. The Morgan fingerprint density at radius 1 is 0.955 bits per heavy atom. The molecule has 352 valence electrons. The minimum absolute atomic E-state index is 0.113. The SMILES string of the molecule is C=CC(=O)Nc1cc(Cc2nccc(-c3cn(C)c4ccccc34)n2)c(OC)cc1N(C)CCN(C)C(=O)CCCCCCCCCCSc1cccc2c1CN(C1CCC(=O)NC1=O)C2=O. The number of hydrogen-bond donors (Lipinski definition) is 2. The Hall–Kier alpha value is -6.48. The molecular weight excluding hydrogens is 865 g/mol. The van der Waals surface area contributed by atoms with Gasteiger partial charge in [0.15, 0.2) is 0 Å². The molecule has 0 bridgehead atoms. The van der Waals surface area contributed by atoms with E-state index < -0.39 is 6.04 Å². The number of thioether (sulfide) groups is 1. The number of likely N-dealkylation sites (N-methyl/N-ethyl adjacent to an activating group) is 2. The number of unbranched alkanes of at least 4 members (excludes halogenated alkanes) is 7. The van der Waals surface area contributed by atoms with Crippen molar-refractivity contribution in [2.45, 2.75) is 94.5 Å². The van der Waals surface area contributed by atoms with Crippen LogP contribution >= 0.6 is 11.8 Å². The van der Waals surface area contributed by atoms with E-state index in [4.69, 9.17) is 9.72 Å². The van der Waals surface area contributed by atoms with Gasteiger partial charge in [-0.1, -0.05) is 69.4 Å². The number of carbonyl (C=O) groups is 5. The Morgan fingerprint density at radius 3 is 2.48 bits per heavy atom. The summed E-state index contributed by atoms with van der Waals surface area (Å²) in [5.41, 5.74) is 6.76. The van der Waals surface area contributed by atoms with Gasteiger partial charge in [0, 0.05) is 111 Å². The fourth-order valence-electron chi connectivity index (χ4n) is 8.94. The second-order valence-electron chi connectivity index (χ2n) is 17.4. The Labute approximate surface area is 397 Å². The highest BCUT2D eigenvalue weighted by Crippen LogP contribution is 2.37. The molecule has 4 heterocycles. The summed E-state index contributed by atoms with van der Waals surface area (Å²) >= 11 is 1.77. The second kappa shape index (κ2) is 22.8. The van der Waals surface area contributed by atoms with E-state index in [0.717, 1.165) is 101 Å². The van der Waals surface area contributed by atoms with E-state index in [1.807, 2.05) is 68.5 Å². The molecule has 5 aromatic rings. The van der Waals surface area contributed by atoms with Crippen molar-refractivity contribution in [1.29, 1.82) is 0 Å². The lowest BCUT2D eigenvalue weighted by molar-refractivity contribution is -0.137. The molecule has 1 atom stereocenters. The van der Waals surface area contributed by atoms with Gasteiger partial charge >= 0.3 is 0 Å². The number of ether oxygens (including phenoxy) is 1. The molecule has 2 N–H and O–H groups in total. The highest BCUT2D eigenvalue weighted by Gasteiger charge is 2.39. The number of rotatable bonds is 23. The summed E-state index contributed by atoms with van der Waals surface area (Å²) < 4.78 is 7.97. The van der Waals surface area contributed by atoms with Crippen LogP contribution in [0.4, 0.5) is 11.4 Å². The minimum Gasteiger partial charge on any atom is -0.496 e. The first-order valence-electron chi connectivity index (χ1n) is 23.3. The van der Waals surface area contributed by atoms with Crippen LogP contribution in [0.3, 0.4) is 0 Å². The number of benzene rings is 3. The number of nitrogens with zero attached hydrogens (tertiary/aromatic N) is 6. The zero-order chi connectivity index (χ0) is 47.5. The molecule has 1 unspecified atom stereocenters. The quantitative estimate of drug-likeness (QED) is 0.0283. The largest absolute Gasteiger partial charge is 0.496 e. The van der Waals surface area contributed by atoms with Gasteiger partial charge in [0.1, 0.15) is 17.6 Å². The zero-order valence-electron chi connectivity index (χ0n) is 39.1. The van der Waals surface area contributed by atoms with E-state index in [9.17, 15) is 24.0 Å². The molecule has 7 rings (SSSR count). The molecule has 15 heteroatoms. The van der Waals surface area contributed by atoms with Crippen molar-refractivity contribution in [3.8, 4) is 17.0 Å². The smallest absolute Gasteiger partial charge is 0.255 e. The first-order chi connectivity index (χ1) is 32.4. The fraction of sp³-hybridized carbons (Fsp3) is 0.404. The molecular formula is C52H62N8O6S. The first-order valence-corrected chi connectivity index (χ1v) is 24.3. The normalized spacial score (nSPS) is 14.5. The van der Waals surface area contributed by atoms with Crippen LogP contribution in [-0.4, -0.2) is 100.0 Å². The molecule has 2 aliphatic rings. The monoisotopic (exact) mass is 926 g/mol. The summed E-state index contributed by atoms with van der Waals surface area (Å²) in [7, 11) is 7.42. The molecule has 0 spiro atoms. The topological polar surface area (TPSA) is 159 Å². The maximum absolute atomic E-state index is 13.1. The second-order valence-corrected chi connectivity index (χ2v) is 18.6. The van der Waals surface area contributed by atoms with Crippen molar-refractivity contribution in [1.82, 2.24) is 29.7 Å². The number of para-hydroxylation sites is 1. The summed E-state index contributed by atoms with van der Waals surface area (Å²) in [6.07, 6.45) is 15.2. The van der Waals surface area contributed by atoms with Crippen molar-refractivity contribution in [3.05, 3.63) is 108 Å². The van der Waals surface area contributed by atoms with Gasteiger partial charge in [0.25, 0.3) is 5.91 Å². The molecule has 3 aromatic carbocycles. The van der Waals surface area contributed by atoms with Gasteiger partial charge in [-0.2, -0.15) is 0 Å². The molecule has 2 aliphatic heterocycles. The van der Waals surface area contributed by atoms with E-state index in [2.05, 4.69) is 51.2 Å².